The molecule has 1 amide bonds. The number of nitrogens with two attached hydrogens (primary N) is 1. The number of hydrogen-bond donors (Lipinski definition) is 2. The molecule has 174 valence electrons. The average Bonchev–Trinajstić information content (AvgIpc) is 2.83. The number of anilines is 1. The van der Waals surface area contributed by atoms with E-state index in [0.717, 1.165) is 5.56 Å². The quantitative estimate of drug-likeness (QED) is 0.505. The minimum Gasteiger partial charge on any atom is -0.482 e. The van der Waals surface area contributed by atoms with E-state index >= 15 is 0 Å². The molecule has 3 rings (SSSR count). The average molecular weight is 458 g/mol. The Labute approximate surface area is 199 Å². The number of benzene rings is 3. The van der Waals surface area contributed by atoms with Gasteiger partial charge in [-0.05, 0) is 49.2 Å². The van der Waals surface area contributed by atoms with Crippen LogP contribution in [0.3, 0.4) is 0 Å². The van der Waals surface area contributed by atoms with Crippen LogP contribution in [0.2, 0.25) is 0 Å². The fourth-order valence-electron chi connectivity index (χ4n) is 3.87. The number of carbonyl (C=O) groups is 2. The third kappa shape index (κ3) is 5.42. The summed E-state index contributed by atoms with van der Waals surface area (Å²) in [5.41, 5.74) is 7.45. The lowest BCUT2D eigenvalue weighted by atomic mass is 9.81. The molecule has 3 aromatic carbocycles. The van der Waals surface area contributed by atoms with Gasteiger partial charge in [-0.1, -0.05) is 60.2 Å². The van der Waals surface area contributed by atoms with E-state index in [-0.39, 0.29) is 6.42 Å². The number of para-hydroxylation sites is 1. The zero-order chi connectivity index (χ0) is 24.7. The minimum atomic E-state index is -1.43. The molecule has 0 bridgehead atoms. The number of carboxylic acid groups (broad SMARTS) is 1. The predicted molar refractivity (Wildman–Crippen MR) is 129 cm³/mol. The molecular formula is C27H27N3O4. The minimum absolute atomic E-state index is 0.130. The highest BCUT2D eigenvalue weighted by Gasteiger charge is 2.44. The van der Waals surface area contributed by atoms with Crippen LogP contribution < -0.4 is 15.4 Å². The van der Waals surface area contributed by atoms with Gasteiger partial charge < -0.3 is 15.6 Å². The summed E-state index contributed by atoms with van der Waals surface area (Å²) < 4.78 is 5.33. The third-order valence-corrected chi connectivity index (χ3v) is 5.41. The van der Waals surface area contributed by atoms with Gasteiger partial charge in [-0.25, -0.2) is 4.79 Å². The lowest BCUT2D eigenvalue weighted by molar-refractivity contribution is -0.139. The number of rotatable bonds is 9. The van der Waals surface area contributed by atoms with Crippen LogP contribution in [0.25, 0.3) is 0 Å². The maximum atomic E-state index is 13.5. The van der Waals surface area contributed by atoms with Crippen molar-refractivity contribution in [3.8, 4) is 11.8 Å². The van der Waals surface area contributed by atoms with Crippen LogP contribution in [0.5, 0.6) is 5.75 Å². The maximum Gasteiger partial charge on any atom is 0.341 e. The third-order valence-electron chi connectivity index (χ3n) is 5.41. The molecule has 0 heterocycles. The summed E-state index contributed by atoms with van der Waals surface area (Å²) in [4.78, 5) is 25.9. The Balaban J connectivity index is 2.20. The van der Waals surface area contributed by atoms with Crippen LogP contribution in [0, 0.1) is 18.3 Å². The van der Waals surface area contributed by atoms with Gasteiger partial charge in [0.15, 0.2) is 12.1 Å². The lowest BCUT2D eigenvalue weighted by Crippen LogP contribution is -2.55. The van der Waals surface area contributed by atoms with Gasteiger partial charge in [-0.15, -0.1) is 0 Å². The van der Waals surface area contributed by atoms with Crippen LogP contribution in [-0.4, -0.2) is 29.6 Å². The van der Waals surface area contributed by atoms with Gasteiger partial charge in [0, 0.05) is 12.1 Å². The van der Waals surface area contributed by atoms with Crippen molar-refractivity contribution in [3.63, 3.8) is 0 Å². The van der Waals surface area contributed by atoms with Crippen molar-refractivity contribution in [2.24, 2.45) is 5.73 Å². The Kier molecular flexibility index (Phi) is 7.67. The maximum absolute atomic E-state index is 13.5. The molecule has 0 spiro atoms. The molecule has 0 saturated carbocycles. The zero-order valence-corrected chi connectivity index (χ0v) is 19.1. The second kappa shape index (κ2) is 10.6. The van der Waals surface area contributed by atoms with E-state index in [9.17, 15) is 14.9 Å². The van der Waals surface area contributed by atoms with Crippen LogP contribution >= 0.6 is 0 Å². The van der Waals surface area contributed by atoms with E-state index < -0.39 is 30.1 Å². The molecule has 7 heteroatoms. The van der Waals surface area contributed by atoms with Crippen molar-refractivity contribution >= 4 is 17.6 Å². The number of carboxylic acids is 1. The van der Waals surface area contributed by atoms with E-state index in [1.54, 1.807) is 49.4 Å². The molecule has 0 aliphatic carbocycles. The molecule has 2 atom stereocenters. The molecule has 3 aromatic rings. The van der Waals surface area contributed by atoms with Crippen molar-refractivity contribution in [2.75, 3.05) is 11.5 Å². The first-order chi connectivity index (χ1) is 16.3. The van der Waals surface area contributed by atoms with Gasteiger partial charge in [-0.3, -0.25) is 9.69 Å². The van der Waals surface area contributed by atoms with E-state index in [2.05, 4.69) is 6.07 Å². The van der Waals surface area contributed by atoms with Gasteiger partial charge in [-0.2, -0.15) is 5.26 Å². The Morgan fingerprint density at radius 1 is 1.09 bits per heavy atom. The number of carbonyl (C=O) groups excluding carboxylic acids is 1. The van der Waals surface area contributed by atoms with Crippen molar-refractivity contribution in [1.82, 2.24) is 0 Å². The summed E-state index contributed by atoms with van der Waals surface area (Å²) in [5.74, 6) is -1.12. The first kappa shape index (κ1) is 24.5. The lowest BCUT2D eigenvalue weighted by Gasteiger charge is -2.40. The number of nitrogens with zero attached hydrogens (tertiary/aromatic N) is 2. The molecule has 0 aromatic heterocycles. The van der Waals surface area contributed by atoms with Crippen LogP contribution in [0.15, 0.2) is 78.9 Å². The number of ether oxygens (including phenoxy) is 1. The number of aliphatic carboxylic acids is 1. The topological polar surface area (TPSA) is 117 Å². The fourth-order valence-corrected chi connectivity index (χ4v) is 3.87. The second-order valence-electron chi connectivity index (χ2n) is 8.15. The van der Waals surface area contributed by atoms with Crippen molar-refractivity contribution < 1.29 is 19.4 Å². The van der Waals surface area contributed by atoms with E-state index in [4.69, 9.17) is 15.6 Å². The molecule has 3 N–H and O–H groups in total. The molecule has 0 aliphatic heterocycles. The first-order valence-electron chi connectivity index (χ1n) is 10.8. The number of amides is 1. The van der Waals surface area contributed by atoms with Gasteiger partial charge in [0.25, 0.3) is 0 Å². The Morgan fingerprint density at radius 2 is 1.79 bits per heavy atom. The van der Waals surface area contributed by atoms with Crippen LogP contribution in [0.4, 0.5) is 5.69 Å². The van der Waals surface area contributed by atoms with Gasteiger partial charge in [0.05, 0.1) is 12.1 Å². The molecule has 0 fully saturated rings. The molecule has 0 aliphatic rings. The van der Waals surface area contributed by atoms with Crippen molar-refractivity contribution in [1.29, 1.82) is 5.26 Å². The second-order valence-corrected chi connectivity index (χ2v) is 8.15. The van der Waals surface area contributed by atoms with E-state index in [1.165, 1.54) is 4.90 Å². The van der Waals surface area contributed by atoms with Gasteiger partial charge in [0.2, 0.25) is 5.91 Å². The molecule has 0 unspecified atom stereocenters. The van der Waals surface area contributed by atoms with E-state index in [1.807, 2.05) is 43.3 Å². The van der Waals surface area contributed by atoms with Crippen molar-refractivity contribution in [2.45, 2.75) is 31.8 Å². The molecule has 0 radical (unpaired) electrons. The zero-order valence-electron chi connectivity index (χ0n) is 19.1. The first-order valence-corrected chi connectivity index (χ1v) is 10.8. The Bertz CT molecular complexity index is 1200. The Morgan fingerprint density at radius 3 is 2.41 bits per heavy atom. The molecule has 7 nitrogen and oxygen atoms in total. The smallest absolute Gasteiger partial charge is 0.341 e. The SMILES string of the molecule is Cc1cccc([C@](C#N)(Cc2cccc(OCC(=O)O)c2)N(C(=O)[C@H](C)N)c2ccccc2)c1. The van der Waals surface area contributed by atoms with Gasteiger partial charge in [0.1, 0.15) is 5.75 Å². The van der Waals surface area contributed by atoms with Gasteiger partial charge >= 0.3 is 5.97 Å². The summed E-state index contributed by atoms with van der Waals surface area (Å²) >= 11 is 0. The van der Waals surface area contributed by atoms with Crippen molar-refractivity contribution in [3.05, 3.63) is 95.6 Å². The fraction of sp³-hybridized carbons (Fsp3) is 0.222. The molecule has 34 heavy (non-hydrogen) atoms. The summed E-state index contributed by atoms with van der Waals surface area (Å²) in [5, 5.41) is 19.6. The molecule has 0 saturated heterocycles. The largest absolute Gasteiger partial charge is 0.482 e. The highest BCUT2D eigenvalue weighted by Crippen LogP contribution is 2.37. The van der Waals surface area contributed by atoms with E-state index in [0.29, 0.717) is 22.6 Å². The Hall–Kier alpha value is -4.15. The monoisotopic (exact) mass is 457 g/mol. The predicted octanol–water partition coefficient (Wildman–Crippen LogP) is 3.80. The summed E-state index contributed by atoms with van der Waals surface area (Å²) in [6.45, 7) is 3.04. The normalized spacial score (nSPS) is 13.2. The summed E-state index contributed by atoms with van der Waals surface area (Å²) in [7, 11) is 0. The number of aryl methyl sites for hydroxylation is 1. The summed E-state index contributed by atoms with van der Waals surface area (Å²) in [6.07, 6.45) is 0.130. The summed E-state index contributed by atoms with van der Waals surface area (Å²) in [6, 6.07) is 24.9. The highest BCUT2D eigenvalue weighted by molar-refractivity contribution is 5.99. The highest BCUT2D eigenvalue weighted by atomic mass is 16.5. The number of nitriles is 1. The molecular weight excluding hydrogens is 430 g/mol. The number of hydrogen-bond acceptors (Lipinski definition) is 5. The van der Waals surface area contributed by atoms with Crippen LogP contribution in [-0.2, 0) is 21.5 Å². The van der Waals surface area contributed by atoms with Crippen LogP contribution in [0.1, 0.15) is 23.6 Å². The standard InChI is InChI=1S/C27H27N3O4/c1-19-8-6-10-22(14-19)27(18-28,16-21-9-7-13-24(15-21)34-17-25(31)32)30(26(33)20(2)29)23-11-4-3-5-12-23/h3-15,20H,16-17,29H2,1-2H3,(H,31,32)/t20-,27+/m0/s1.